The molecule has 3 aromatic rings. The number of carbonyl (C=O) groups excluding carboxylic acids is 2. The van der Waals surface area contributed by atoms with Gasteiger partial charge in [0.2, 0.25) is 0 Å². The van der Waals surface area contributed by atoms with Crippen LogP contribution in [0.15, 0.2) is 53.4 Å². The Morgan fingerprint density at radius 1 is 1.03 bits per heavy atom. The molecule has 0 saturated heterocycles. The molecule has 2 aromatic carbocycles. The smallest absolute Gasteiger partial charge is 0.339 e. The maximum atomic E-state index is 12.5. The number of rotatable bonds is 7. The van der Waals surface area contributed by atoms with Crippen molar-refractivity contribution in [2.45, 2.75) is 32.6 Å². The molecule has 1 amide bonds. The van der Waals surface area contributed by atoms with Gasteiger partial charge in [0, 0.05) is 0 Å². The van der Waals surface area contributed by atoms with Gasteiger partial charge in [-0.3, -0.25) is 4.79 Å². The lowest BCUT2D eigenvalue weighted by Gasteiger charge is -2.10. The molecule has 1 aromatic heterocycles. The van der Waals surface area contributed by atoms with Gasteiger partial charge in [0.25, 0.3) is 5.91 Å². The quantitative estimate of drug-likeness (QED) is 0.547. The number of nitrogens with one attached hydrogen (secondary N) is 1. The lowest BCUT2D eigenvalue weighted by molar-refractivity contribution is -0.119. The molecule has 0 spiro atoms. The zero-order chi connectivity index (χ0) is 23.5. The number of aromatic nitrogens is 2. The van der Waals surface area contributed by atoms with Crippen molar-refractivity contribution >= 4 is 27.4 Å². The number of hydrogen-bond acceptors (Lipinski definition) is 6. The van der Waals surface area contributed by atoms with E-state index in [9.17, 15) is 18.0 Å². The standard InChI is InChI=1S/C23H25N3O5S/c1-5-32(29,30)20-9-7-6-8-19(20)23(28)31-14-21(27)24-22-16(3)25-26(17(22)4)18-12-10-15(2)11-13-18/h6-13H,5,14H2,1-4H3,(H,24,27). The average molecular weight is 456 g/mol. The van der Waals surface area contributed by atoms with Crippen molar-refractivity contribution in [3.05, 3.63) is 71.0 Å². The molecule has 0 radical (unpaired) electrons. The minimum absolute atomic E-state index is 0.0956. The number of benzene rings is 2. The first-order chi connectivity index (χ1) is 15.1. The Kier molecular flexibility index (Phi) is 6.78. The van der Waals surface area contributed by atoms with Crippen molar-refractivity contribution in [1.29, 1.82) is 0 Å². The monoisotopic (exact) mass is 455 g/mol. The zero-order valence-electron chi connectivity index (χ0n) is 18.4. The maximum absolute atomic E-state index is 12.5. The van der Waals surface area contributed by atoms with E-state index in [2.05, 4.69) is 10.4 Å². The molecule has 1 N–H and O–H groups in total. The third-order valence-corrected chi connectivity index (χ3v) is 6.78. The second-order valence-corrected chi connectivity index (χ2v) is 9.56. The Hall–Kier alpha value is -3.46. The van der Waals surface area contributed by atoms with E-state index in [4.69, 9.17) is 4.74 Å². The number of sulfone groups is 1. The fourth-order valence-electron chi connectivity index (χ4n) is 3.21. The number of ether oxygens (including phenoxy) is 1. The van der Waals surface area contributed by atoms with E-state index < -0.39 is 28.3 Å². The van der Waals surface area contributed by atoms with Crippen LogP contribution >= 0.6 is 0 Å². The molecule has 0 atom stereocenters. The Balaban J connectivity index is 1.71. The van der Waals surface area contributed by atoms with Gasteiger partial charge in [-0.1, -0.05) is 36.8 Å². The lowest BCUT2D eigenvalue weighted by atomic mass is 10.2. The molecule has 1 heterocycles. The first kappa shape index (κ1) is 23.2. The molecule has 32 heavy (non-hydrogen) atoms. The molecule has 8 nitrogen and oxygen atoms in total. The van der Waals surface area contributed by atoms with Gasteiger partial charge >= 0.3 is 5.97 Å². The van der Waals surface area contributed by atoms with Crippen molar-refractivity contribution < 1.29 is 22.7 Å². The van der Waals surface area contributed by atoms with Gasteiger partial charge in [-0.15, -0.1) is 0 Å². The summed E-state index contributed by atoms with van der Waals surface area (Å²) in [5, 5.41) is 7.21. The highest BCUT2D eigenvalue weighted by Gasteiger charge is 2.22. The molecule has 0 aliphatic heterocycles. The van der Waals surface area contributed by atoms with Crippen molar-refractivity contribution in [2.75, 3.05) is 17.7 Å². The summed E-state index contributed by atoms with van der Waals surface area (Å²) in [6.45, 7) is 6.52. The molecule has 0 fully saturated rings. The molecule has 168 valence electrons. The van der Waals surface area contributed by atoms with Gasteiger partial charge in [-0.2, -0.15) is 5.10 Å². The summed E-state index contributed by atoms with van der Waals surface area (Å²) < 4.78 is 31.3. The van der Waals surface area contributed by atoms with E-state index in [0.29, 0.717) is 11.4 Å². The topological polar surface area (TPSA) is 107 Å². The van der Waals surface area contributed by atoms with Gasteiger partial charge in [-0.25, -0.2) is 17.9 Å². The van der Waals surface area contributed by atoms with Gasteiger partial charge in [-0.05, 0) is 45.0 Å². The minimum Gasteiger partial charge on any atom is -0.452 e. The van der Waals surface area contributed by atoms with E-state index in [1.165, 1.54) is 31.2 Å². The van der Waals surface area contributed by atoms with Crippen LogP contribution in [0, 0.1) is 20.8 Å². The fraction of sp³-hybridized carbons (Fsp3) is 0.261. The summed E-state index contributed by atoms with van der Waals surface area (Å²) in [6.07, 6.45) is 0. The molecule has 9 heteroatoms. The van der Waals surface area contributed by atoms with Gasteiger partial charge in [0.15, 0.2) is 16.4 Å². The lowest BCUT2D eigenvalue weighted by Crippen LogP contribution is -2.22. The highest BCUT2D eigenvalue weighted by Crippen LogP contribution is 2.23. The summed E-state index contributed by atoms with van der Waals surface area (Å²) >= 11 is 0. The predicted octanol–water partition coefficient (Wildman–Crippen LogP) is 3.39. The van der Waals surface area contributed by atoms with E-state index in [-0.39, 0.29) is 16.2 Å². The number of amides is 1. The van der Waals surface area contributed by atoms with Crippen LogP contribution in [0.25, 0.3) is 5.69 Å². The second-order valence-electron chi connectivity index (χ2n) is 7.32. The minimum atomic E-state index is -3.61. The molecule has 0 bridgehead atoms. The third kappa shape index (κ3) is 4.88. The number of nitrogens with zero attached hydrogens (tertiary/aromatic N) is 2. The van der Waals surface area contributed by atoms with E-state index in [0.717, 1.165) is 16.9 Å². The number of anilines is 1. The molecular formula is C23H25N3O5S. The summed E-state index contributed by atoms with van der Waals surface area (Å²) in [4.78, 5) is 24.8. The molecule has 0 unspecified atom stereocenters. The zero-order valence-corrected chi connectivity index (χ0v) is 19.2. The summed E-state index contributed by atoms with van der Waals surface area (Å²) in [6, 6.07) is 13.6. The van der Waals surface area contributed by atoms with Crippen molar-refractivity contribution in [3.63, 3.8) is 0 Å². The second kappa shape index (κ2) is 9.35. The highest BCUT2D eigenvalue weighted by atomic mass is 32.2. The van der Waals surface area contributed by atoms with E-state index >= 15 is 0 Å². The summed E-state index contributed by atoms with van der Waals surface area (Å²) in [5.74, 6) is -1.58. The number of aryl methyl sites for hydroxylation is 2. The first-order valence-electron chi connectivity index (χ1n) is 10.1. The number of esters is 1. The molecule has 3 rings (SSSR count). The largest absolute Gasteiger partial charge is 0.452 e. The SMILES string of the molecule is CCS(=O)(=O)c1ccccc1C(=O)OCC(=O)Nc1c(C)nn(-c2ccc(C)cc2)c1C. The highest BCUT2D eigenvalue weighted by molar-refractivity contribution is 7.91. The van der Waals surface area contributed by atoms with Crippen molar-refractivity contribution in [1.82, 2.24) is 9.78 Å². The molecule has 0 saturated carbocycles. The summed E-state index contributed by atoms with van der Waals surface area (Å²) in [7, 11) is -3.61. The molecule has 0 aliphatic carbocycles. The van der Waals surface area contributed by atoms with E-state index in [1.54, 1.807) is 11.6 Å². The van der Waals surface area contributed by atoms with Crippen LogP contribution in [0.3, 0.4) is 0 Å². The number of hydrogen-bond donors (Lipinski definition) is 1. The van der Waals surface area contributed by atoms with Gasteiger partial charge < -0.3 is 10.1 Å². The van der Waals surface area contributed by atoms with Gasteiger partial charge in [0.05, 0.1) is 39.0 Å². The third-order valence-electron chi connectivity index (χ3n) is 4.99. The fourth-order valence-corrected chi connectivity index (χ4v) is 4.29. The van der Waals surface area contributed by atoms with E-state index in [1.807, 2.05) is 38.1 Å². The van der Waals surface area contributed by atoms with Crippen LogP contribution < -0.4 is 5.32 Å². The maximum Gasteiger partial charge on any atom is 0.339 e. The Labute approximate surface area is 187 Å². The van der Waals surface area contributed by atoms with Crippen LogP contribution in [0.2, 0.25) is 0 Å². The van der Waals surface area contributed by atoms with Crippen LogP contribution in [-0.2, 0) is 19.4 Å². The number of carbonyl (C=O) groups is 2. The van der Waals surface area contributed by atoms with Crippen molar-refractivity contribution in [2.24, 2.45) is 0 Å². The van der Waals surface area contributed by atoms with Crippen LogP contribution in [0.4, 0.5) is 5.69 Å². The molecular weight excluding hydrogens is 430 g/mol. The molecule has 0 aliphatic rings. The Morgan fingerprint density at radius 3 is 2.34 bits per heavy atom. The van der Waals surface area contributed by atoms with Gasteiger partial charge in [0.1, 0.15) is 0 Å². The Bertz CT molecular complexity index is 1260. The summed E-state index contributed by atoms with van der Waals surface area (Å²) in [5.41, 5.74) is 3.76. The van der Waals surface area contributed by atoms with Crippen LogP contribution in [0.1, 0.15) is 34.2 Å². The first-order valence-corrected chi connectivity index (χ1v) is 11.7. The average Bonchev–Trinajstić information content (AvgIpc) is 3.06. The predicted molar refractivity (Wildman–Crippen MR) is 121 cm³/mol. The van der Waals surface area contributed by atoms with Crippen LogP contribution in [0.5, 0.6) is 0 Å². The van der Waals surface area contributed by atoms with Crippen LogP contribution in [-0.4, -0.2) is 42.4 Å². The normalized spacial score (nSPS) is 11.2. The Morgan fingerprint density at radius 2 is 1.69 bits per heavy atom. The van der Waals surface area contributed by atoms with Crippen molar-refractivity contribution in [3.8, 4) is 5.69 Å².